The lowest BCUT2D eigenvalue weighted by Crippen LogP contribution is -2.14. The van der Waals surface area contributed by atoms with Crippen LogP contribution in [-0.4, -0.2) is 29.3 Å². The number of hydrogen-bond donors (Lipinski definition) is 2. The van der Waals surface area contributed by atoms with Crippen LogP contribution in [0, 0.1) is 12.8 Å². The Bertz CT molecular complexity index is 810. The summed E-state index contributed by atoms with van der Waals surface area (Å²) in [6.07, 6.45) is 1.70. The Hall–Kier alpha value is -2.35. The Kier molecular flexibility index (Phi) is 4.74. The summed E-state index contributed by atoms with van der Waals surface area (Å²) in [4.78, 5) is 11.0. The highest BCUT2D eigenvalue weighted by Crippen LogP contribution is 2.19. The van der Waals surface area contributed by atoms with E-state index in [-0.39, 0.29) is 4.90 Å². The molecule has 0 spiro atoms. The summed E-state index contributed by atoms with van der Waals surface area (Å²) in [5.41, 5.74) is 1.80. The lowest BCUT2D eigenvalue weighted by Gasteiger charge is -2.10. The second kappa shape index (κ2) is 6.41. The van der Waals surface area contributed by atoms with E-state index in [1.54, 1.807) is 45.2 Å². The molecule has 1 aromatic carbocycles. The van der Waals surface area contributed by atoms with E-state index in [0.29, 0.717) is 17.8 Å². The lowest BCUT2D eigenvalue weighted by atomic mass is 10.0. The molecule has 1 heterocycles. The van der Waals surface area contributed by atoms with Crippen LogP contribution in [-0.2, 0) is 28.3 Å². The molecule has 2 rings (SSSR count). The maximum Gasteiger partial charge on any atom is 0.306 e. The normalized spacial score (nSPS) is 12.8. The molecule has 8 heteroatoms. The summed E-state index contributed by atoms with van der Waals surface area (Å²) in [6, 6.07) is 6.67. The fraction of sp³-hybridized carbons (Fsp3) is 0.333. The molecule has 2 aromatic rings. The minimum atomic E-state index is -3.70. The van der Waals surface area contributed by atoms with Crippen molar-refractivity contribution in [1.29, 1.82) is 0 Å². The standard InChI is InChI=1S/C15H19N3O4S/c1-10(15(19)20)8-12-4-6-13(7-5-12)17-23(21,22)14-9-16-18(3)11(14)2/h4-7,9-10,17H,8H2,1-3H3,(H,19,20). The van der Waals surface area contributed by atoms with Crippen molar-refractivity contribution < 1.29 is 18.3 Å². The number of anilines is 1. The second-order valence-electron chi connectivity index (χ2n) is 5.46. The van der Waals surface area contributed by atoms with Crippen molar-refractivity contribution in [2.45, 2.75) is 25.2 Å². The van der Waals surface area contributed by atoms with Crippen molar-refractivity contribution in [3.8, 4) is 0 Å². The highest BCUT2D eigenvalue weighted by Gasteiger charge is 2.20. The molecule has 1 aromatic heterocycles. The van der Waals surface area contributed by atoms with E-state index in [9.17, 15) is 13.2 Å². The number of aromatic nitrogens is 2. The lowest BCUT2D eigenvalue weighted by molar-refractivity contribution is -0.141. The molecule has 0 aliphatic rings. The van der Waals surface area contributed by atoms with Gasteiger partial charge in [0.25, 0.3) is 10.0 Å². The molecule has 0 bridgehead atoms. The number of hydrogen-bond acceptors (Lipinski definition) is 4. The van der Waals surface area contributed by atoms with Crippen LogP contribution >= 0.6 is 0 Å². The Morgan fingerprint density at radius 3 is 2.43 bits per heavy atom. The maximum atomic E-state index is 12.3. The molecule has 0 aliphatic heterocycles. The third-order valence-electron chi connectivity index (χ3n) is 3.65. The fourth-order valence-electron chi connectivity index (χ4n) is 2.10. The zero-order chi connectivity index (χ0) is 17.2. The van der Waals surface area contributed by atoms with Gasteiger partial charge in [0.15, 0.2) is 0 Å². The predicted octanol–water partition coefficient (Wildman–Crippen LogP) is 1.79. The van der Waals surface area contributed by atoms with Crippen LogP contribution in [0.4, 0.5) is 5.69 Å². The third-order valence-corrected chi connectivity index (χ3v) is 5.13. The smallest absolute Gasteiger partial charge is 0.306 e. The predicted molar refractivity (Wildman–Crippen MR) is 85.7 cm³/mol. The van der Waals surface area contributed by atoms with Crippen LogP contribution in [0.2, 0.25) is 0 Å². The molecule has 124 valence electrons. The molecule has 7 nitrogen and oxygen atoms in total. The van der Waals surface area contributed by atoms with Crippen LogP contribution in [0.25, 0.3) is 0 Å². The number of aliphatic carboxylic acids is 1. The molecule has 0 amide bonds. The first kappa shape index (κ1) is 17.0. The number of nitrogens with zero attached hydrogens (tertiary/aromatic N) is 2. The molecule has 0 fully saturated rings. The molecule has 0 saturated heterocycles. The Morgan fingerprint density at radius 1 is 1.35 bits per heavy atom. The largest absolute Gasteiger partial charge is 0.481 e. The fourth-order valence-corrected chi connectivity index (χ4v) is 3.37. The number of sulfonamides is 1. The van der Waals surface area contributed by atoms with Gasteiger partial charge in [0.05, 0.1) is 17.8 Å². The quantitative estimate of drug-likeness (QED) is 0.837. The van der Waals surface area contributed by atoms with Crippen LogP contribution < -0.4 is 4.72 Å². The van der Waals surface area contributed by atoms with Gasteiger partial charge in [-0.3, -0.25) is 14.2 Å². The highest BCUT2D eigenvalue weighted by atomic mass is 32.2. The van der Waals surface area contributed by atoms with Crippen LogP contribution in [0.5, 0.6) is 0 Å². The number of benzene rings is 1. The maximum absolute atomic E-state index is 12.3. The Balaban J connectivity index is 2.14. The third kappa shape index (κ3) is 3.89. The summed E-state index contributed by atoms with van der Waals surface area (Å²) in [5, 5.41) is 12.8. The average molecular weight is 337 g/mol. The van der Waals surface area contributed by atoms with Gasteiger partial charge in [-0.2, -0.15) is 5.10 Å². The van der Waals surface area contributed by atoms with E-state index < -0.39 is 21.9 Å². The SMILES string of the molecule is Cc1c(S(=O)(=O)Nc2ccc(CC(C)C(=O)O)cc2)cnn1C. The van der Waals surface area contributed by atoms with Crippen LogP contribution in [0.1, 0.15) is 18.2 Å². The van der Waals surface area contributed by atoms with Crippen LogP contribution in [0.3, 0.4) is 0 Å². The number of rotatable bonds is 6. The molecule has 2 N–H and O–H groups in total. The first-order chi connectivity index (χ1) is 10.7. The van der Waals surface area contributed by atoms with Gasteiger partial charge >= 0.3 is 5.97 Å². The van der Waals surface area contributed by atoms with Crippen molar-refractivity contribution in [2.75, 3.05) is 4.72 Å². The van der Waals surface area contributed by atoms with Gasteiger partial charge in [-0.15, -0.1) is 0 Å². The van der Waals surface area contributed by atoms with Crippen molar-refractivity contribution in [1.82, 2.24) is 9.78 Å². The Labute approximate surface area is 135 Å². The second-order valence-corrected chi connectivity index (χ2v) is 7.11. The molecule has 0 aliphatic carbocycles. The van der Waals surface area contributed by atoms with Crippen molar-refractivity contribution in [3.63, 3.8) is 0 Å². The summed E-state index contributed by atoms with van der Waals surface area (Å²) in [6.45, 7) is 3.31. The number of aryl methyl sites for hydroxylation is 1. The van der Waals surface area contributed by atoms with Gasteiger partial charge in [-0.05, 0) is 31.0 Å². The number of carboxylic acids is 1. The first-order valence-electron chi connectivity index (χ1n) is 7.04. The minimum absolute atomic E-state index is 0.128. The van der Waals surface area contributed by atoms with Gasteiger partial charge in [0.2, 0.25) is 0 Å². The van der Waals surface area contributed by atoms with Gasteiger partial charge in [-0.25, -0.2) is 8.42 Å². The summed E-state index contributed by atoms with van der Waals surface area (Å²) in [5.74, 6) is -1.35. The number of carboxylic acid groups (broad SMARTS) is 1. The molecule has 0 saturated carbocycles. The van der Waals surface area contributed by atoms with E-state index in [1.165, 1.54) is 10.9 Å². The first-order valence-corrected chi connectivity index (χ1v) is 8.52. The van der Waals surface area contributed by atoms with Crippen LogP contribution in [0.15, 0.2) is 35.4 Å². The monoisotopic (exact) mass is 337 g/mol. The van der Waals surface area contributed by atoms with Crippen molar-refractivity contribution in [3.05, 3.63) is 41.7 Å². The number of nitrogens with one attached hydrogen (secondary N) is 1. The van der Waals surface area contributed by atoms with Crippen molar-refractivity contribution in [2.24, 2.45) is 13.0 Å². The zero-order valence-electron chi connectivity index (χ0n) is 13.1. The van der Waals surface area contributed by atoms with E-state index in [4.69, 9.17) is 5.11 Å². The summed E-state index contributed by atoms with van der Waals surface area (Å²) < 4.78 is 28.7. The Morgan fingerprint density at radius 2 is 1.96 bits per heavy atom. The molecule has 1 unspecified atom stereocenters. The van der Waals surface area contributed by atoms with Crippen molar-refractivity contribution >= 4 is 21.7 Å². The molecule has 1 atom stereocenters. The van der Waals surface area contributed by atoms with Gasteiger partial charge in [0.1, 0.15) is 4.90 Å². The van der Waals surface area contributed by atoms with E-state index >= 15 is 0 Å². The topological polar surface area (TPSA) is 101 Å². The highest BCUT2D eigenvalue weighted by molar-refractivity contribution is 7.92. The van der Waals surface area contributed by atoms with Gasteiger partial charge < -0.3 is 5.11 Å². The average Bonchev–Trinajstić information content (AvgIpc) is 2.81. The summed E-state index contributed by atoms with van der Waals surface area (Å²) >= 11 is 0. The number of carbonyl (C=O) groups is 1. The van der Waals surface area contributed by atoms with E-state index in [0.717, 1.165) is 5.56 Å². The zero-order valence-corrected chi connectivity index (χ0v) is 14.0. The molecule has 23 heavy (non-hydrogen) atoms. The molecular weight excluding hydrogens is 318 g/mol. The van der Waals surface area contributed by atoms with E-state index in [1.807, 2.05) is 0 Å². The molecular formula is C15H19N3O4S. The van der Waals surface area contributed by atoms with Gasteiger partial charge in [-0.1, -0.05) is 19.1 Å². The van der Waals surface area contributed by atoms with Gasteiger partial charge in [0, 0.05) is 12.7 Å². The molecule has 0 radical (unpaired) electrons. The summed E-state index contributed by atoms with van der Waals surface area (Å²) in [7, 11) is -2.03. The minimum Gasteiger partial charge on any atom is -0.481 e. The van der Waals surface area contributed by atoms with E-state index in [2.05, 4.69) is 9.82 Å².